The summed E-state index contributed by atoms with van der Waals surface area (Å²) in [6, 6.07) is 19.2. The summed E-state index contributed by atoms with van der Waals surface area (Å²) in [5.41, 5.74) is 3.79. The zero-order valence-electron chi connectivity index (χ0n) is 19.4. The number of carbonyl (C=O) groups is 3. The van der Waals surface area contributed by atoms with Gasteiger partial charge in [-0.05, 0) is 66.4 Å². The predicted octanol–water partition coefficient (Wildman–Crippen LogP) is 6.46. The van der Waals surface area contributed by atoms with Crippen molar-refractivity contribution < 1.29 is 14.4 Å². The maximum atomic E-state index is 13.1. The van der Waals surface area contributed by atoms with Crippen LogP contribution in [0.5, 0.6) is 0 Å². The Balaban J connectivity index is 1.51. The number of halogens is 2. The zero-order valence-corrected chi connectivity index (χ0v) is 20.9. The Labute approximate surface area is 213 Å². The average molecular weight is 508 g/mol. The van der Waals surface area contributed by atoms with Crippen molar-refractivity contribution in [1.82, 2.24) is 0 Å². The second-order valence-electron chi connectivity index (χ2n) is 8.46. The summed E-state index contributed by atoms with van der Waals surface area (Å²) in [7, 11) is 0. The molecule has 1 aliphatic heterocycles. The van der Waals surface area contributed by atoms with Crippen LogP contribution >= 0.6 is 23.2 Å². The first-order valence-corrected chi connectivity index (χ1v) is 11.7. The number of carbonyl (C=O) groups excluding carboxylic acids is 3. The molecule has 0 fully saturated rings. The summed E-state index contributed by atoms with van der Waals surface area (Å²) < 4.78 is 0. The van der Waals surface area contributed by atoms with Crippen LogP contribution in [0.4, 0.5) is 17.1 Å². The van der Waals surface area contributed by atoms with Gasteiger partial charge in [0, 0.05) is 22.0 Å². The molecule has 0 spiro atoms. The van der Waals surface area contributed by atoms with E-state index in [4.69, 9.17) is 23.2 Å². The van der Waals surface area contributed by atoms with E-state index in [1.54, 1.807) is 49.4 Å². The van der Waals surface area contributed by atoms with Gasteiger partial charge in [0.15, 0.2) is 0 Å². The number of rotatable bonds is 6. The third-order valence-electron chi connectivity index (χ3n) is 5.69. The van der Waals surface area contributed by atoms with E-state index in [0.29, 0.717) is 27.5 Å². The van der Waals surface area contributed by atoms with Crippen molar-refractivity contribution >= 4 is 58.0 Å². The van der Waals surface area contributed by atoms with Gasteiger partial charge >= 0.3 is 0 Å². The molecular formula is C27H23Cl2N3O3. The second-order valence-corrected chi connectivity index (χ2v) is 9.28. The molecule has 0 atom stereocenters. The van der Waals surface area contributed by atoms with Gasteiger partial charge in [-0.25, -0.2) is 4.90 Å². The average Bonchev–Trinajstić information content (AvgIpc) is 3.04. The van der Waals surface area contributed by atoms with E-state index in [1.165, 1.54) is 0 Å². The molecule has 35 heavy (non-hydrogen) atoms. The van der Waals surface area contributed by atoms with Crippen LogP contribution < -0.4 is 15.5 Å². The van der Waals surface area contributed by atoms with Crippen molar-refractivity contribution in [3.05, 3.63) is 99.2 Å². The third-order valence-corrected chi connectivity index (χ3v) is 6.27. The van der Waals surface area contributed by atoms with Crippen LogP contribution in [0.1, 0.15) is 41.3 Å². The molecule has 0 saturated heterocycles. The van der Waals surface area contributed by atoms with Crippen LogP contribution in [0, 0.1) is 6.92 Å². The Morgan fingerprint density at radius 2 is 1.60 bits per heavy atom. The largest absolute Gasteiger partial charge is 0.350 e. The van der Waals surface area contributed by atoms with E-state index in [-0.39, 0.29) is 22.6 Å². The van der Waals surface area contributed by atoms with E-state index < -0.39 is 11.8 Å². The fraction of sp³-hybridized carbons (Fsp3) is 0.148. The summed E-state index contributed by atoms with van der Waals surface area (Å²) >= 11 is 12.3. The Morgan fingerprint density at radius 3 is 2.29 bits per heavy atom. The Hall–Kier alpha value is -3.61. The number of nitrogens with one attached hydrogen (secondary N) is 2. The number of benzene rings is 3. The molecule has 0 aliphatic carbocycles. The lowest BCUT2D eigenvalue weighted by Crippen LogP contribution is -2.32. The number of hydrogen-bond donors (Lipinski definition) is 2. The highest BCUT2D eigenvalue weighted by molar-refractivity contribution is 6.53. The molecule has 1 aliphatic rings. The summed E-state index contributed by atoms with van der Waals surface area (Å²) in [4.78, 5) is 39.6. The van der Waals surface area contributed by atoms with Gasteiger partial charge in [0.05, 0.1) is 5.69 Å². The van der Waals surface area contributed by atoms with E-state index in [1.807, 2.05) is 24.3 Å². The molecule has 3 amide bonds. The van der Waals surface area contributed by atoms with Crippen LogP contribution in [0.3, 0.4) is 0 Å². The lowest BCUT2D eigenvalue weighted by atomic mass is 10.0. The first kappa shape index (κ1) is 24.5. The van der Waals surface area contributed by atoms with E-state index >= 15 is 0 Å². The number of aryl methyl sites for hydroxylation is 1. The Kier molecular flexibility index (Phi) is 6.96. The van der Waals surface area contributed by atoms with Crippen molar-refractivity contribution in [2.75, 3.05) is 15.5 Å². The van der Waals surface area contributed by atoms with Crippen LogP contribution in [0.25, 0.3) is 0 Å². The van der Waals surface area contributed by atoms with Gasteiger partial charge in [0.25, 0.3) is 17.7 Å². The number of anilines is 3. The van der Waals surface area contributed by atoms with Crippen molar-refractivity contribution in [2.24, 2.45) is 0 Å². The molecule has 3 aromatic carbocycles. The highest BCUT2D eigenvalue weighted by atomic mass is 35.5. The number of nitrogens with zero attached hydrogens (tertiary/aromatic N) is 1. The standard InChI is InChI=1S/C27H23Cl2N3O3/c1-15(2)20-6-4-5-7-21(20)31-25(33)17-9-12-19(13-10-17)30-24-23(29)26(34)32(27(24)35)22-14-18(28)11-8-16(22)3/h4-15,30H,1-3H3,(H,31,33). The molecule has 0 saturated carbocycles. The van der Waals surface area contributed by atoms with Gasteiger partial charge < -0.3 is 10.6 Å². The summed E-state index contributed by atoms with van der Waals surface area (Å²) in [6.07, 6.45) is 0. The van der Waals surface area contributed by atoms with Crippen molar-refractivity contribution in [1.29, 1.82) is 0 Å². The zero-order chi connectivity index (χ0) is 25.3. The van der Waals surface area contributed by atoms with E-state index in [0.717, 1.165) is 16.2 Å². The topological polar surface area (TPSA) is 78.5 Å². The number of imide groups is 1. The fourth-order valence-electron chi connectivity index (χ4n) is 3.81. The van der Waals surface area contributed by atoms with Gasteiger partial charge in [0.1, 0.15) is 10.7 Å². The van der Waals surface area contributed by atoms with Crippen LogP contribution in [0.15, 0.2) is 77.5 Å². The van der Waals surface area contributed by atoms with Crippen molar-refractivity contribution in [3.63, 3.8) is 0 Å². The van der Waals surface area contributed by atoms with Crippen molar-refractivity contribution in [2.45, 2.75) is 26.7 Å². The molecule has 0 aromatic heterocycles. The maximum absolute atomic E-state index is 13.1. The van der Waals surface area contributed by atoms with Crippen LogP contribution in [0.2, 0.25) is 5.02 Å². The molecule has 2 N–H and O–H groups in total. The SMILES string of the molecule is Cc1ccc(Cl)cc1N1C(=O)C(Cl)=C(Nc2ccc(C(=O)Nc3ccccc3C(C)C)cc2)C1=O. The molecule has 6 nitrogen and oxygen atoms in total. The number of amides is 3. The molecule has 178 valence electrons. The highest BCUT2D eigenvalue weighted by Crippen LogP contribution is 2.33. The molecule has 0 unspecified atom stereocenters. The lowest BCUT2D eigenvalue weighted by molar-refractivity contribution is -0.120. The number of hydrogen-bond acceptors (Lipinski definition) is 4. The molecule has 3 aromatic rings. The highest BCUT2D eigenvalue weighted by Gasteiger charge is 2.39. The molecule has 0 bridgehead atoms. The smallest absolute Gasteiger partial charge is 0.283 e. The van der Waals surface area contributed by atoms with Gasteiger partial charge in [-0.1, -0.05) is 61.3 Å². The minimum absolute atomic E-state index is 0.0425. The van der Waals surface area contributed by atoms with Gasteiger partial charge in [-0.2, -0.15) is 0 Å². The summed E-state index contributed by atoms with van der Waals surface area (Å²) in [5.74, 6) is -1.21. The Bertz CT molecular complexity index is 1360. The normalized spacial score (nSPS) is 13.6. The van der Waals surface area contributed by atoms with Crippen molar-refractivity contribution in [3.8, 4) is 0 Å². The lowest BCUT2D eigenvalue weighted by Gasteiger charge is -2.18. The summed E-state index contributed by atoms with van der Waals surface area (Å²) in [6.45, 7) is 5.90. The molecular weight excluding hydrogens is 485 g/mol. The van der Waals surface area contributed by atoms with Gasteiger partial charge in [0.2, 0.25) is 0 Å². The quantitative estimate of drug-likeness (QED) is 0.375. The second kappa shape index (κ2) is 9.94. The minimum Gasteiger partial charge on any atom is -0.350 e. The van der Waals surface area contributed by atoms with Gasteiger partial charge in [-0.3, -0.25) is 14.4 Å². The first-order valence-electron chi connectivity index (χ1n) is 11.0. The maximum Gasteiger partial charge on any atom is 0.283 e. The monoisotopic (exact) mass is 507 g/mol. The first-order chi connectivity index (χ1) is 16.7. The minimum atomic E-state index is -0.635. The molecule has 1 heterocycles. The summed E-state index contributed by atoms with van der Waals surface area (Å²) in [5, 5.41) is 6.04. The van der Waals surface area contributed by atoms with Gasteiger partial charge in [-0.15, -0.1) is 0 Å². The molecule has 0 radical (unpaired) electrons. The predicted molar refractivity (Wildman–Crippen MR) is 140 cm³/mol. The van der Waals surface area contributed by atoms with E-state index in [2.05, 4.69) is 24.5 Å². The van der Waals surface area contributed by atoms with E-state index in [9.17, 15) is 14.4 Å². The fourth-order valence-corrected chi connectivity index (χ4v) is 4.19. The number of para-hydroxylation sites is 1. The Morgan fingerprint density at radius 1 is 0.914 bits per heavy atom. The third kappa shape index (κ3) is 4.94. The molecule has 4 rings (SSSR count). The molecule has 8 heteroatoms. The van der Waals surface area contributed by atoms with Crippen LogP contribution in [-0.4, -0.2) is 17.7 Å². The van der Waals surface area contributed by atoms with Crippen LogP contribution in [-0.2, 0) is 9.59 Å².